The van der Waals surface area contributed by atoms with Gasteiger partial charge in [-0.05, 0) is 23.8 Å². The summed E-state index contributed by atoms with van der Waals surface area (Å²) in [6.45, 7) is 0. The summed E-state index contributed by atoms with van der Waals surface area (Å²) < 4.78 is 27.4. The van der Waals surface area contributed by atoms with Gasteiger partial charge in [-0.2, -0.15) is 4.72 Å². The Labute approximate surface area is 159 Å². The van der Waals surface area contributed by atoms with Crippen LogP contribution in [0, 0.1) is 0 Å². The number of fused-ring (bicyclic) bond motifs is 1. The highest BCUT2D eigenvalue weighted by Crippen LogP contribution is 2.29. The molecule has 2 aromatic carbocycles. The fourth-order valence-electron chi connectivity index (χ4n) is 2.64. The van der Waals surface area contributed by atoms with Crippen molar-refractivity contribution in [3.8, 4) is 0 Å². The van der Waals surface area contributed by atoms with Crippen LogP contribution in [0.2, 0.25) is 10.0 Å². The van der Waals surface area contributed by atoms with Crippen molar-refractivity contribution < 1.29 is 18.3 Å². The van der Waals surface area contributed by atoms with Crippen LogP contribution in [0.15, 0.2) is 53.6 Å². The van der Waals surface area contributed by atoms with Crippen LogP contribution in [-0.4, -0.2) is 30.5 Å². The first-order chi connectivity index (χ1) is 12.3. The van der Waals surface area contributed by atoms with E-state index < -0.39 is 22.0 Å². The fourth-order valence-corrected chi connectivity index (χ4v) is 4.59. The molecule has 0 aliphatic rings. The summed E-state index contributed by atoms with van der Waals surface area (Å²) in [5.74, 6) is -1.29. The van der Waals surface area contributed by atoms with Crippen LogP contribution in [0.4, 0.5) is 0 Å². The minimum absolute atomic E-state index is 0.0310. The van der Waals surface area contributed by atoms with Gasteiger partial charge in [0.15, 0.2) is 0 Å². The maximum absolute atomic E-state index is 12.6. The van der Waals surface area contributed by atoms with Gasteiger partial charge in [0.05, 0.1) is 10.0 Å². The number of halogens is 2. The molecule has 0 radical (unpaired) electrons. The van der Waals surface area contributed by atoms with Crippen molar-refractivity contribution in [2.75, 3.05) is 0 Å². The average Bonchev–Trinajstić information content (AvgIpc) is 2.99. The number of hydrogen-bond donors (Lipinski definition) is 3. The summed E-state index contributed by atoms with van der Waals surface area (Å²) in [5, 5.41) is 10.2. The zero-order valence-electron chi connectivity index (χ0n) is 13.2. The number of carboxylic acid groups (broad SMARTS) is 1. The molecule has 0 aliphatic heterocycles. The van der Waals surface area contributed by atoms with Crippen molar-refractivity contribution in [2.45, 2.75) is 17.4 Å². The van der Waals surface area contributed by atoms with E-state index >= 15 is 0 Å². The number of H-pyrrole nitrogens is 1. The number of carbonyl (C=O) groups is 1. The maximum Gasteiger partial charge on any atom is 0.322 e. The summed E-state index contributed by atoms with van der Waals surface area (Å²) in [7, 11) is -4.17. The van der Waals surface area contributed by atoms with Crippen molar-refractivity contribution in [2.24, 2.45) is 0 Å². The lowest BCUT2D eigenvalue weighted by atomic mass is 10.1. The van der Waals surface area contributed by atoms with Gasteiger partial charge in [-0.3, -0.25) is 4.79 Å². The number of para-hydroxylation sites is 1. The summed E-state index contributed by atoms with van der Waals surface area (Å²) >= 11 is 11.8. The van der Waals surface area contributed by atoms with Crippen molar-refractivity contribution in [1.29, 1.82) is 0 Å². The van der Waals surface area contributed by atoms with Gasteiger partial charge < -0.3 is 10.1 Å². The Bertz CT molecular complexity index is 1080. The molecule has 0 spiro atoms. The van der Waals surface area contributed by atoms with Gasteiger partial charge in [0, 0.05) is 23.5 Å². The van der Waals surface area contributed by atoms with Gasteiger partial charge in [0.1, 0.15) is 10.9 Å². The van der Waals surface area contributed by atoms with Gasteiger partial charge in [0.25, 0.3) is 0 Å². The molecule has 0 bridgehead atoms. The molecule has 6 nitrogen and oxygen atoms in total. The molecule has 3 rings (SSSR count). The Kier molecular flexibility index (Phi) is 5.24. The molecule has 1 atom stereocenters. The standard InChI is InChI=1S/C17H14Cl2N2O4S/c18-12-5-3-7-15(16(12)19)26(24,25)21-14(17(22)23)8-10-9-20-13-6-2-1-4-11(10)13/h1-7,9,14,20-21H,8H2,(H,22,23)/t14-/m0/s1. The molecule has 26 heavy (non-hydrogen) atoms. The second-order valence-corrected chi connectivity index (χ2v) is 8.10. The number of hydrogen-bond acceptors (Lipinski definition) is 3. The molecule has 1 heterocycles. The Balaban J connectivity index is 1.91. The monoisotopic (exact) mass is 412 g/mol. The lowest BCUT2D eigenvalue weighted by Gasteiger charge is -2.15. The highest BCUT2D eigenvalue weighted by atomic mass is 35.5. The van der Waals surface area contributed by atoms with Crippen LogP contribution in [0.5, 0.6) is 0 Å². The van der Waals surface area contributed by atoms with Crippen LogP contribution in [-0.2, 0) is 21.2 Å². The lowest BCUT2D eigenvalue weighted by molar-refractivity contribution is -0.138. The van der Waals surface area contributed by atoms with E-state index in [0.29, 0.717) is 5.56 Å². The minimum Gasteiger partial charge on any atom is -0.480 e. The van der Waals surface area contributed by atoms with E-state index in [2.05, 4.69) is 9.71 Å². The van der Waals surface area contributed by atoms with Crippen LogP contribution >= 0.6 is 23.2 Å². The second kappa shape index (κ2) is 7.28. The molecule has 0 amide bonds. The van der Waals surface area contributed by atoms with Gasteiger partial charge >= 0.3 is 5.97 Å². The third kappa shape index (κ3) is 3.71. The molecule has 9 heteroatoms. The predicted octanol–water partition coefficient (Wildman–Crippen LogP) is 3.45. The smallest absolute Gasteiger partial charge is 0.322 e. The van der Waals surface area contributed by atoms with E-state index in [0.717, 1.165) is 10.9 Å². The molecular weight excluding hydrogens is 399 g/mol. The fraction of sp³-hybridized carbons (Fsp3) is 0.118. The molecule has 3 N–H and O–H groups in total. The Morgan fingerprint density at radius 1 is 1.15 bits per heavy atom. The van der Waals surface area contributed by atoms with E-state index in [-0.39, 0.29) is 21.4 Å². The van der Waals surface area contributed by atoms with Gasteiger partial charge in [-0.15, -0.1) is 0 Å². The van der Waals surface area contributed by atoms with Crippen LogP contribution in [0.25, 0.3) is 10.9 Å². The third-order valence-electron chi connectivity index (χ3n) is 3.90. The van der Waals surface area contributed by atoms with Crippen LogP contribution in [0.1, 0.15) is 5.56 Å². The molecule has 0 unspecified atom stereocenters. The molecule has 0 aliphatic carbocycles. The van der Waals surface area contributed by atoms with E-state index in [1.165, 1.54) is 18.2 Å². The third-order valence-corrected chi connectivity index (χ3v) is 6.35. The Morgan fingerprint density at radius 2 is 1.88 bits per heavy atom. The quantitative estimate of drug-likeness (QED) is 0.577. The minimum atomic E-state index is -4.17. The topological polar surface area (TPSA) is 99.3 Å². The Morgan fingerprint density at radius 3 is 2.62 bits per heavy atom. The maximum atomic E-state index is 12.6. The molecule has 0 saturated carbocycles. The normalized spacial score (nSPS) is 13.0. The first-order valence-corrected chi connectivity index (χ1v) is 9.77. The highest BCUT2D eigenvalue weighted by Gasteiger charge is 2.28. The molecule has 1 aromatic heterocycles. The SMILES string of the molecule is O=C(O)[C@H](Cc1c[nH]c2ccccc12)NS(=O)(=O)c1cccc(Cl)c1Cl. The summed E-state index contributed by atoms with van der Waals surface area (Å²) in [6, 6.07) is 10.1. The summed E-state index contributed by atoms with van der Waals surface area (Å²) in [6.07, 6.45) is 1.64. The predicted molar refractivity (Wildman–Crippen MR) is 100 cm³/mol. The molecule has 0 saturated heterocycles. The zero-order valence-corrected chi connectivity index (χ0v) is 15.6. The van der Waals surface area contributed by atoms with Gasteiger partial charge in [-0.1, -0.05) is 47.5 Å². The van der Waals surface area contributed by atoms with Crippen molar-refractivity contribution in [1.82, 2.24) is 9.71 Å². The number of sulfonamides is 1. The molecule has 136 valence electrons. The molecule has 0 fully saturated rings. The van der Waals surface area contributed by atoms with Crippen molar-refractivity contribution in [3.05, 3.63) is 64.3 Å². The van der Waals surface area contributed by atoms with Gasteiger partial charge in [0.2, 0.25) is 10.0 Å². The first kappa shape index (κ1) is 18.7. The van der Waals surface area contributed by atoms with Crippen molar-refractivity contribution in [3.63, 3.8) is 0 Å². The van der Waals surface area contributed by atoms with Crippen LogP contribution < -0.4 is 4.72 Å². The average molecular weight is 413 g/mol. The summed E-state index contributed by atoms with van der Waals surface area (Å²) in [4.78, 5) is 14.4. The zero-order chi connectivity index (χ0) is 18.9. The number of aromatic nitrogens is 1. The Hall–Kier alpha value is -2.06. The number of nitrogens with one attached hydrogen (secondary N) is 2. The number of aromatic amines is 1. The molecule has 3 aromatic rings. The van der Waals surface area contributed by atoms with E-state index in [9.17, 15) is 18.3 Å². The van der Waals surface area contributed by atoms with Crippen molar-refractivity contribution >= 4 is 50.1 Å². The van der Waals surface area contributed by atoms with Crippen LogP contribution in [0.3, 0.4) is 0 Å². The molecular formula is C17H14Cl2N2O4S. The van der Waals surface area contributed by atoms with E-state index in [1.807, 2.05) is 24.3 Å². The second-order valence-electron chi connectivity index (χ2n) is 5.63. The number of aliphatic carboxylic acids is 1. The number of rotatable bonds is 6. The lowest BCUT2D eigenvalue weighted by Crippen LogP contribution is -2.42. The number of benzene rings is 2. The highest BCUT2D eigenvalue weighted by molar-refractivity contribution is 7.89. The number of carboxylic acids is 1. The van der Waals surface area contributed by atoms with Gasteiger partial charge in [-0.25, -0.2) is 8.42 Å². The summed E-state index contributed by atoms with van der Waals surface area (Å²) in [5.41, 5.74) is 1.53. The van der Waals surface area contributed by atoms with E-state index in [4.69, 9.17) is 23.2 Å². The largest absolute Gasteiger partial charge is 0.480 e. The van der Waals surface area contributed by atoms with E-state index in [1.54, 1.807) is 6.20 Å². The first-order valence-electron chi connectivity index (χ1n) is 7.54.